The minimum absolute atomic E-state index is 0.269. The van der Waals surface area contributed by atoms with Gasteiger partial charge in [0.2, 0.25) is 11.8 Å². The van der Waals surface area contributed by atoms with Crippen LogP contribution < -0.4 is 10.6 Å². The van der Waals surface area contributed by atoms with Gasteiger partial charge in [0.15, 0.2) is 0 Å². The lowest BCUT2D eigenvalue weighted by Gasteiger charge is -2.32. The third-order valence-electron chi connectivity index (χ3n) is 2.66. The SMILES string of the molecule is CCC1(CCOC)C(=O)NC(=O)NC1=O. The van der Waals surface area contributed by atoms with Crippen molar-refractivity contribution in [1.29, 1.82) is 0 Å². The van der Waals surface area contributed by atoms with Crippen molar-refractivity contribution in [1.82, 2.24) is 10.6 Å². The molecule has 15 heavy (non-hydrogen) atoms. The predicted molar refractivity (Wildman–Crippen MR) is 50.9 cm³/mol. The Hall–Kier alpha value is -1.43. The van der Waals surface area contributed by atoms with E-state index in [1.54, 1.807) is 6.92 Å². The Kier molecular flexibility index (Phi) is 3.41. The molecule has 2 N–H and O–H groups in total. The van der Waals surface area contributed by atoms with E-state index in [1.807, 2.05) is 0 Å². The average Bonchev–Trinajstić information content (AvgIpc) is 2.17. The van der Waals surface area contributed by atoms with Crippen LogP contribution in [-0.4, -0.2) is 31.6 Å². The summed E-state index contributed by atoms with van der Waals surface area (Å²) in [7, 11) is 1.49. The predicted octanol–water partition coefficient (Wildman–Crippen LogP) is -0.215. The molecule has 1 saturated heterocycles. The number of amides is 4. The van der Waals surface area contributed by atoms with Gasteiger partial charge in [-0.1, -0.05) is 6.92 Å². The van der Waals surface area contributed by atoms with E-state index in [1.165, 1.54) is 7.11 Å². The standard InChI is InChI=1S/C9H14N2O4/c1-3-9(4-5-15-2)6(12)10-8(14)11-7(9)13/h3-5H2,1-2H3,(H2,10,11,12,13,14). The third-order valence-corrected chi connectivity index (χ3v) is 2.66. The Bertz CT molecular complexity index is 280. The first-order valence-corrected chi connectivity index (χ1v) is 4.72. The van der Waals surface area contributed by atoms with E-state index >= 15 is 0 Å². The molecule has 84 valence electrons. The molecule has 1 heterocycles. The molecule has 0 atom stereocenters. The van der Waals surface area contributed by atoms with Crippen LogP contribution in [0.15, 0.2) is 0 Å². The fourth-order valence-electron chi connectivity index (χ4n) is 1.58. The molecule has 1 fully saturated rings. The Balaban J connectivity index is 2.89. The molecule has 0 unspecified atom stereocenters. The zero-order valence-electron chi connectivity index (χ0n) is 8.75. The van der Waals surface area contributed by atoms with Crippen LogP contribution in [0.1, 0.15) is 19.8 Å². The number of ether oxygens (including phenoxy) is 1. The average molecular weight is 214 g/mol. The van der Waals surface area contributed by atoms with E-state index in [9.17, 15) is 14.4 Å². The molecule has 1 rings (SSSR count). The molecule has 0 radical (unpaired) electrons. The summed E-state index contributed by atoms with van der Waals surface area (Å²) in [5.41, 5.74) is -1.18. The zero-order valence-corrected chi connectivity index (χ0v) is 8.75. The molecule has 0 aromatic carbocycles. The second-order valence-electron chi connectivity index (χ2n) is 3.42. The van der Waals surface area contributed by atoms with Gasteiger partial charge in [0.1, 0.15) is 5.41 Å². The summed E-state index contributed by atoms with van der Waals surface area (Å²) in [5, 5.41) is 4.19. The van der Waals surface area contributed by atoms with E-state index in [0.717, 1.165) is 0 Å². The fraction of sp³-hybridized carbons (Fsp3) is 0.667. The number of carbonyl (C=O) groups is 3. The van der Waals surface area contributed by atoms with Gasteiger partial charge >= 0.3 is 6.03 Å². The van der Waals surface area contributed by atoms with Crippen LogP contribution in [0.25, 0.3) is 0 Å². The minimum Gasteiger partial charge on any atom is -0.385 e. The number of rotatable bonds is 4. The minimum atomic E-state index is -1.18. The highest BCUT2D eigenvalue weighted by molar-refractivity contribution is 6.19. The summed E-state index contributed by atoms with van der Waals surface area (Å²) in [6, 6.07) is -0.758. The summed E-state index contributed by atoms with van der Waals surface area (Å²) in [6.45, 7) is 2.02. The molecule has 0 aromatic heterocycles. The van der Waals surface area contributed by atoms with Crippen LogP contribution in [0.5, 0.6) is 0 Å². The van der Waals surface area contributed by atoms with Gasteiger partial charge in [-0.25, -0.2) is 4.79 Å². The van der Waals surface area contributed by atoms with Gasteiger partial charge in [0, 0.05) is 13.7 Å². The van der Waals surface area contributed by atoms with Crippen molar-refractivity contribution in [2.24, 2.45) is 5.41 Å². The first kappa shape index (κ1) is 11.6. The van der Waals surface area contributed by atoms with Crippen molar-refractivity contribution in [2.75, 3.05) is 13.7 Å². The summed E-state index contributed by atoms with van der Waals surface area (Å²) in [4.78, 5) is 34.1. The second kappa shape index (κ2) is 4.39. The molecule has 1 aliphatic heterocycles. The van der Waals surface area contributed by atoms with E-state index in [2.05, 4.69) is 10.6 Å². The van der Waals surface area contributed by atoms with Gasteiger partial charge in [-0.05, 0) is 12.8 Å². The van der Waals surface area contributed by atoms with Crippen molar-refractivity contribution < 1.29 is 19.1 Å². The number of hydrogen-bond donors (Lipinski definition) is 2. The highest BCUT2D eigenvalue weighted by atomic mass is 16.5. The zero-order chi connectivity index (χ0) is 11.5. The van der Waals surface area contributed by atoms with Gasteiger partial charge in [0.05, 0.1) is 0 Å². The third kappa shape index (κ3) is 1.99. The maximum Gasteiger partial charge on any atom is 0.328 e. The lowest BCUT2D eigenvalue weighted by atomic mass is 9.79. The van der Waals surface area contributed by atoms with Crippen molar-refractivity contribution in [3.05, 3.63) is 0 Å². The molecular formula is C9H14N2O4. The number of hydrogen-bond acceptors (Lipinski definition) is 4. The van der Waals surface area contributed by atoms with E-state index < -0.39 is 23.3 Å². The van der Waals surface area contributed by atoms with Crippen LogP contribution in [0.3, 0.4) is 0 Å². The van der Waals surface area contributed by atoms with Gasteiger partial charge in [0.25, 0.3) is 0 Å². The van der Waals surface area contributed by atoms with E-state index in [0.29, 0.717) is 13.0 Å². The van der Waals surface area contributed by atoms with Crippen LogP contribution in [0, 0.1) is 5.41 Å². The molecular weight excluding hydrogens is 200 g/mol. The fourth-order valence-corrected chi connectivity index (χ4v) is 1.58. The normalized spacial score (nSPS) is 19.7. The molecule has 0 aliphatic carbocycles. The lowest BCUT2D eigenvalue weighted by Crippen LogP contribution is -2.62. The van der Waals surface area contributed by atoms with Gasteiger partial charge < -0.3 is 4.74 Å². The van der Waals surface area contributed by atoms with Crippen molar-refractivity contribution in [3.63, 3.8) is 0 Å². The molecule has 0 spiro atoms. The Labute approximate surface area is 87.4 Å². The molecule has 1 aliphatic rings. The van der Waals surface area contributed by atoms with Crippen LogP contribution in [0.2, 0.25) is 0 Å². The van der Waals surface area contributed by atoms with Gasteiger partial charge in [-0.2, -0.15) is 0 Å². The number of barbiturate groups is 1. The Morgan fingerprint density at radius 2 is 1.73 bits per heavy atom. The molecule has 0 saturated carbocycles. The molecule has 6 nitrogen and oxygen atoms in total. The summed E-state index contributed by atoms with van der Waals surface area (Å²) < 4.78 is 4.85. The van der Waals surface area contributed by atoms with Gasteiger partial charge in [-0.3, -0.25) is 20.2 Å². The first-order chi connectivity index (χ1) is 7.06. The number of nitrogens with one attached hydrogen (secondary N) is 2. The molecule has 6 heteroatoms. The first-order valence-electron chi connectivity index (χ1n) is 4.72. The summed E-state index contributed by atoms with van der Waals surface area (Å²) in [6.07, 6.45) is 0.603. The number of carbonyl (C=O) groups excluding carboxylic acids is 3. The van der Waals surface area contributed by atoms with Crippen molar-refractivity contribution in [3.8, 4) is 0 Å². The van der Waals surface area contributed by atoms with Crippen LogP contribution in [-0.2, 0) is 14.3 Å². The summed E-state index contributed by atoms with van der Waals surface area (Å²) in [5.74, 6) is -1.09. The van der Waals surface area contributed by atoms with Crippen molar-refractivity contribution in [2.45, 2.75) is 19.8 Å². The highest BCUT2D eigenvalue weighted by Gasteiger charge is 2.48. The Morgan fingerprint density at radius 3 is 2.13 bits per heavy atom. The number of imide groups is 2. The maximum atomic E-state index is 11.6. The second-order valence-corrected chi connectivity index (χ2v) is 3.42. The largest absolute Gasteiger partial charge is 0.385 e. The quantitative estimate of drug-likeness (QED) is 0.634. The van der Waals surface area contributed by atoms with Gasteiger partial charge in [-0.15, -0.1) is 0 Å². The highest BCUT2D eigenvalue weighted by Crippen LogP contribution is 2.29. The molecule has 0 aromatic rings. The monoisotopic (exact) mass is 214 g/mol. The molecule has 0 bridgehead atoms. The van der Waals surface area contributed by atoms with Crippen LogP contribution >= 0.6 is 0 Å². The lowest BCUT2D eigenvalue weighted by molar-refractivity contribution is -0.146. The van der Waals surface area contributed by atoms with Crippen LogP contribution in [0.4, 0.5) is 4.79 Å². The topological polar surface area (TPSA) is 84.5 Å². The number of urea groups is 1. The molecule has 4 amide bonds. The summed E-state index contributed by atoms with van der Waals surface area (Å²) >= 11 is 0. The Morgan fingerprint density at radius 1 is 1.20 bits per heavy atom. The maximum absolute atomic E-state index is 11.6. The number of methoxy groups -OCH3 is 1. The van der Waals surface area contributed by atoms with Crippen molar-refractivity contribution >= 4 is 17.8 Å². The van der Waals surface area contributed by atoms with E-state index in [-0.39, 0.29) is 6.42 Å². The smallest absolute Gasteiger partial charge is 0.328 e. The van der Waals surface area contributed by atoms with E-state index in [4.69, 9.17) is 4.74 Å².